The zero-order valence-electron chi connectivity index (χ0n) is 18.4. The number of hydrogen-bond donors (Lipinski definition) is 1. The Morgan fingerprint density at radius 3 is 2.27 bits per heavy atom. The summed E-state index contributed by atoms with van der Waals surface area (Å²) in [5.74, 6) is -3.36. The van der Waals surface area contributed by atoms with Crippen molar-refractivity contribution >= 4 is 27.7 Å². The topological polar surface area (TPSA) is 118 Å². The lowest BCUT2D eigenvalue weighted by Gasteiger charge is -2.45. The minimum atomic E-state index is -3.94. The minimum Gasteiger partial charge on any atom is -0.480 e. The molecule has 1 N–H and O–H groups in total. The SMILES string of the molecule is CCCCCCCC(=O)O[C@H](CCCC)[C@@H]1C(=O)N2[C@@H](C(=O)O)C(C)(C)S(=O)(=O)[C@H]12. The molecule has 172 valence electrons. The van der Waals surface area contributed by atoms with Crippen LogP contribution in [0.25, 0.3) is 0 Å². The van der Waals surface area contributed by atoms with E-state index in [2.05, 4.69) is 6.92 Å². The number of carboxylic acid groups (broad SMARTS) is 1. The summed E-state index contributed by atoms with van der Waals surface area (Å²) < 4.78 is 30.2. The lowest BCUT2D eigenvalue weighted by atomic mass is 9.86. The fourth-order valence-corrected chi connectivity index (χ4v) is 6.86. The Bertz CT molecular complexity index is 761. The molecule has 0 aromatic carbocycles. The summed E-state index contributed by atoms with van der Waals surface area (Å²) in [6.45, 7) is 6.75. The number of rotatable bonds is 12. The summed E-state index contributed by atoms with van der Waals surface area (Å²) in [7, 11) is -3.94. The second-order valence-corrected chi connectivity index (χ2v) is 11.5. The molecule has 0 aliphatic carbocycles. The molecule has 0 unspecified atom stereocenters. The van der Waals surface area contributed by atoms with Gasteiger partial charge < -0.3 is 14.7 Å². The number of nitrogens with zero attached hydrogens (tertiary/aromatic N) is 1. The van der Waals surface area contributed by atoms with Crippen molar-refractivity contribution in [1.82, 2.24) is 4.90 Å². The van der Waals surface area contributed by atoms with E-state index in [0.717, 1.165) is 37.0 Å². The van der Waals surface area contributed by atoms with Crippen molar-refractivity contribution in [3.8, 4) is 0 Å². The fourth-order valence-electron chi connectivity index (χ4n) is 4.51. The molecular formula is C21H35NO7S. The molecule has 9 heteroatoms. The normalized spacial score (nSPS) is 27.3. The summed E-state index contributed by atoms with van der Waals surface area (Å²) in [5, 5.41) is 8.30. The minimum absolute atomic E-state index is 0.234. The molecule has 2 aliphatic rings. The number of carbonyl (C=O) groups excluding carboxylic acids is 2. The van der Waals surface area contributed by atoms with E-state index in [0.29, 0.717) is 19.3 Å². The summed E-state index contributed by atoms with van der Waals surface area (Å²) in [4.78, 5) is 37.9. The van der Waals surface area contributed by atoms with Gasteiger partial charge in [0.25, 0.3) is 0 Å². The molecule has 2 fully saturated rings. The predicted octanol–water partition coefficient (Wildman–Crippen LogP) is 2.89. The summed E-state index contributed by atoms with van der Waals surface area (Å²) in [5.41, 5.74) is 0. The number of esters is 1. The van der Waals surface area contributed by atoms with Gasteiger partial charge in [0.15, 0.2) is 15.2 Å². The molecule has 0 bridgehead atoms. The van der Waals surface area contributed by atoms with Gasteiger partial charge >= 0.3 is 11.9 Å². The molecule has 1 amide bonds. The molecule has 4 atom stereocenters. The smallest absolute Gasteiger partial charge is 0.328 e. The third-order valence-electron chi connectivity index (χ3n) is 6.35. The van der Waals surface area contributed by atoms with Crippen LogP contribution in [0.5, 0.6) is 0 Å². The van der Waals surface area contributed by atoms with E-state index in [1.807, 2.05) is 6.92 Å². The monoisotopic (exact) mass is 445 g/mol. The molecule has 0 spiro atoms. The number of amides is 1. The highest BCUT2D eigenvalue weighted by atomic mass is 32.2. The lowest BCUT2D eigenvalue weighted by Crippen LogP contribution is -2.67. The first-order valence-electron chi connectivity index (χ1n) is 11.0. The number of β-lactam (4-membered cyclic amide) rings is 1. The van der Waals surface area contributed by atoms with Crippen LogP contribution in [0, 0.1) is 5.92 Å². The summed E-state index contributed by atoms with van der Waals surface area (Å²) in [6.07, 6.45) is 6.13. The third-order valence-corrected chi connectivity index (χ3v) is 9.20. The largest absolute Gasteiger partial charge is 0.480 e. The fraction of sp³-hybridized carbons (Fsp3) is 0.857. The van der Waals surface area contributed by atoms with Crippen molar-refractivity contribution in [2.75, 3.05) is 0 Å². The van der Waals surface area contributed by atoms with E-state index in [1.165, 1.54) is 13.8 Å². The average Bonchev–Trinajstić information content (AvgIpc) is 2.80. The van der Waals surface area contributed by atoms with Crippen LogP contribution in [-0.4, -0.2) is 58.5 Å². The van der Waals surface area contributed by atoms with Crippen molar-refractivity contribution < 1.29 is 32.6 Å². The van der Waals surface area contributed by atoms with Gasteiger partial charge in [0.1, 0.15) is 18.1 Å². The van der Waals surface area contributed by atoms with Crippen molar-refractivity contribution in [1.29, 1.82) is 0 Å². The van der Waals surface area contributed by atoms with Gasteiger partial charge in [-0.2, -0.15) is 0 Å². The molecule has 30 heavy (non-hydrogen) atoms. The van der Waals surface area contributed by atoms with Gasteiger partial charge in [0.2, 0.25) is 5.91 Å². The molecule has 2 saturated heterocycles. The van der Waals surface area contributed by atoms with Crippen LogP contribution in [0.4, 0.5) is 0 Å². The highest BCUT2D eigenvalue weighted by Crippen LogP contribution is 2.50. The zero-order chi connectivity index (χ0) is 22.7. The van der Waals surface area contributed by atoms with Gasteiger partial charge in [0.05, 0.1) is 4.75 Å². The van der Waals surface area contributed by atoms with E-state index in [4.69, 9.17) is 4.74 Å². The molecule has 8 nitrogen and oxygen atoms in total. The van der Waals surface area contributed by atoms with E-state index >= 15 is 0 Å². The number of carboxylic acids is 1. The number of unbranched alkanes of at least 4 members (excludes halogenated alkanes) is 5. The van der Waals surface area contributed by atoms with Crippen LogP contribution in [0.3, 0.4) is 0 Å². The number of carbonyl (C=O) groups is 3. The number of sulfone groups is 1. The van der Waals surface area contributed by atoms with Crippen molar-refractivity contribution in [2.24, 2.45) is 5.92 Å². The Kier molecular flexibility index (Phi) is 7.93. The highest BCUT2D eigenvalue weighted by molar-refractivity contribution is 7.93. The Labute approximate surface area is 179 Å². The van der Waals surface area contributed by atoms with Gasteiger partial charge in [0, 0.05) is 6.42 Å². The first kappa shape index (κ1) is 24.6. The molecule has 0 radical (unpaired) electrons. The maximum atomic E-state index is 13.1. The second-order valence-electron chi connectivity index (χ2n) is 8.89. The van der Waals surface area contributed by atoms with Crippen LogP contribution in [0.2, 0.25) is 0 Å². The summed E-state index contributed by atoms with van der Waals surface area (Å²) in [6, 6.07) is -1.43. The highest BCUT2D eigenvalue weighted by Gasteiger charge is 2.73. The Morgan fingerprint density at radius 1 is 1.10 bits per heavy atom. The number of aliphatic carboxylic acids is 1. The maximum absolute atomic E-state index is 13.1. The first-order valence-corrected chi connectivity index (χ1v) is 12.5. The molecule has 0 aromatic heterocycles. The zero-order valence-corrected chi connectivity index (χ0v) is 19.2. The van der Waals surface area contributed by atoms with E-state index in [-0.39, 0.29) is 6.42 Å². The van der Waals surface area contributed by atoms with E-state index in [9.17, 15) is 27.9 Å². The van der Waals surface area contributed by atoms with Crippen molar-refractivity contribution in [2.45, 2.75) is 108 Å². The van der Waals surface area contributed by atoms with Crippen LogP contribution >= 0.6 is 0 Å². The van der Waals surface area contributed by atoms with Crippen LogP contribution in [-0.2, 0) is 29.0 Å². The number of fused-ring (bicyclic) bond motifs is 1. The molecule has 0 saturated carbocycles. The van der Waals surface area contributed by atoms with Crippen molar-refractivity contribution in [3.05, 3.63) is 0 Å². The third kappa shape index (κ3) is 4.36. The standard InChI is InChI=1S/C21H35NO7S/c1-5-7-9-10-11-13-15(23)29-14(12-8-6-2)16-18(24)22-17(20(25)26)21(3,4)30(27,28)19(16)22/h14,16-17,19H,5-13H2,1-4H3,(H,25,26)/t14-,16-,17+,19-/m1/s1. The Hall–Kier alpha value is -1.64. The Balaban J connectivity index is 2.16. The number of ether oxygens (including phenoxy) is 1. The van der Waals surface area contributed by atoms with Gasteiger partial charge in [-0.05, 0) is 26.7 Å². The van der Waals surface area contributed by atoms with Crippen LogP contribution < -0.4 is 0 Å². The predicted molar refractivity (Wildman–Crippen MR) is 111 cm³/mol. The molecule has 0 aromatic rings. The van der Waals surface area contributed by atoms with Gasteiger partial charge in [-0.1, -0.05) is 52.4 Å². The molecular weight excluding hydrogens is 410 g/mol. The van der Waals surface area contributed by atoms with Crippen molar-refractivity contribution in [3.63, 3.8) is 0 Å². The molecule has 2 rings (SSSR count). The van der Waals surface area contributed by atoms with Gasteiger partial charge in [-0.3, -0.25) is 9.59 Å². The van der Waals surface area contributed by atoms with E-state index < -0.39 is 55.9 Å². The van der Waals surface area contributed by atoms with Crippen LogP contribution in [0.15, 0.2) is 0 Å². The van der Waals surface area contributed by atoms with Gasteiger partial charge in [-0.25, -0.2) is 13.2 Å². The first-order chi connectivity index (χ1) is 14.0. The quantitative estimate of drug-likeness (QED) is 0.279. The summed E-state index contributed by atoms with van der Waals surface area (Å²) >= 11 is 0. The molecule has 2 aliphatic heterocycles. The Morgan fingerprint density at radius 2 is 1.70 bits per heavy atom. The maximum Gasteiger partial charge on any atom is 0.328 e. The second kappa shape index (κ2) is 9.66. The average molecular weight is 446 g/mol. The number of hydrogen-bond acceptors (Lipinski definition) is 6. The van der Waals surface area contributed by atoms with E-state index in [1.54, 1.807) is 0 Å². The van der Waals surface area contributed by atoms with Gasteiger partial charge in [-0.15, -0.1) is 0 Å². The lowest BCUT2D eigenvalue weighted by molar-refractivity contribution is -0.176. The molecule has 2 heterocycles. The van der Waals surface area contributed by atoms with Crippen LogP contribution in [0.1, 0.15) is 85.5 Å².